The number of nitrogens with zero attached hydrogens (tertiary/aromatic N) is 2. The van der Waals surface area contributed by atoms with Crippen molar-refractivity contribution in [1.29, 1.82) is 0 Å². The lowest BCUT2D eigenvalue weighted by molar-refractivity contribution is -0.128. The normalized spacial score (nSPS) is 11.8. The third kappa shape index (κ3) is 7.37. The smallest absolute Gasteiger partial charge is 0.248 e. The second-order valence-corrected chi connectivity index (χ2v) is 9.68. The summed E-state index contributed by atoms with van der Waals surface area (Å²) in [5, 5.41) is 9.45. The molecule has 0 spiro atoms. The summed E-state index contributed by atoms with van der Waals surface area (Å²) in [7, 11) is 2.99. The summed E-state index contributed by atoms with van der Waals surface area (Å²) < 4.78 is 16.1. The van der Waals surface area contributed by atoms with E-state index in [0.717, 1.165) is 0 Å². The first-order valence-corrected chi connectivity index (χ1v) is 12.7. The van der Waals surface area contributed by atoms with Gasteiger partial charge < -0.3 is 24.6 Å². The van der Waals surface area contributed by atoms with Crippen LogP contribution >= 0.6 is 0 Å². The van der Waals surface area contributed by atoms with Gasteiger partial charge in [0.2, 0.25) is 17.7 Å². The van der Waals surface area contributed by atoms with E-state index >= 15 is 0 Å². The van der Waals surface area contributed by atoms with Crippen molar-refractivity contribution in [3.63, 3.8) is 0 Å². The van der Waals surface area contributed by atoms with Crippen LogP contribution in [0, 0.1) is 6.92 Å². The number of methoxy groups -OCH3 is 2. The van der Waals surface area contributed by atoms with Crippen molar-refractivity contribution >= 4 is 29.2 Å². The van der Waals surface area contributed by atoms with Gasteiger partial charge in [0.05, 0.1) is 14.2 Å². The fourth-order valence-corrected chi connectivity index (χ4v) is 4.01. The molecule has 10 nitrogen and oxygen atoms in total. The standard InChI is InChI=1S/C29H36N4O6/c1-7-29(3,4)31-28(36)26(21-14-11-15-22(37-5)27(21)38-6)33(20-12-9-8-10-13-20)25(35)17-16-24(34)30-23-18-19(2)39-32-23/h8-15,18,26H,7,16-17H2,1-6H3,(H,31,36)(H,30,32,34)/t26-/m0/s1. The molecule has 3 amide bonds. The van der Waals surface area contributed by atoms with Gasteiger partial charge in [-0.15, -0.1) is 0 Å². The van der Waals surface area contributed by atoms with Gasteiger partial charge in [0.1, 0.15) is 11.8 Å². The molecule has 0 fully saturated rings. The number of amides is 3. The Morgan fingerprint density at radius 3 is 2.33 bits per heavy atom. The lowest BCUT2D eigenvalue weighted by Crippen LogP contribution is -2.50. The van der Waals surface area contributed by atoms with E-state index in [2.05, 4.69) is 15.8 Å². The number of hydrogen-bond acceptors (Lipinski definition) is 7. The van der Waals surface area contributed by atoms with E-state index < -0.39 is 29.3 Å². The lowest BCUT2D eigenvalue weighted by atomic mass is 9.97. The molecule has 0 aliphatic carbocycles. The Morgan fingerprint density at radius 1 is 1.03 bits per heavy atom. The predicted octanol–water partition coefficient (Wildman–Crippen LogP) is 4.80. The third-order valence-electron chi connectivity index (χ3n) is 6.34. The Hall–Kier alpha value is -4.34. The maximum atomic E-state index is 14.0. The number of anilines is 2. The van der Waals surface area contributed by atoms with Gasteiger partial charge in [-0.3, -0.25) is 19.3 Å². The van der Waals surface area contributed by atoms with Crippen LogP contribution in [0.15, 0.2) is 59.1 Å². The van der Waals surface area contributed by atoms with Crippen LogP contribution in [0.2, 0.25) is 0 Å². The highest BCUT2D eigenvalue weighted by molar-refractivity contribution is 6.03. The minimum atomic E-state index is -1.11. The first-order chi connectivity index (χ1) is 18.6. The number of hydrogen-bond donors (Lipinski definition) is 2. The van der Waals surface area contributed by atoms with E-state index in [9.17, 15) is 14.4 Å². The van der Waals surface area contributed by atoms with Crippen LogP contribution in [0.5, 0.6) is 11.5 Å². The summed E-state index contributed by atoms with van der Waals surface area (Å²) in [6.45, 7) is 7.50. The average molecular weight is 537 g/mol. The van der Waals surface area contributed by atoms with Gasteiger partial charge >= 0.3 is 0 Å². The number of benzene rings is 2. The minimum Gasteiger partial charge on any atom is -0.493 e. The molecule has 2 N–H and O–H groups in total. The monoisotopic (exact) mass is 536 g/mol. The second-order valence-electron chi connectivity index (χ2n) is 9.68. The molecular weight excluding hydrogens is 500 g/mol. The molecule has 0 saturated carbocycles. The highest BCUT2D eigenvalue weighted by Gasteiger charge is 2.37. The minimum absolute atomic E-state index is 0.127. The van der Waals surface area contributed by atoms with Crippen molar-refractivity contribution in [1.82, 2.24) is 10.5 Å². The molecule has 0 radical (unpaired) electrons. The zero-order chi connectivity index (χ0) is 28.6. The second kappa shape index (κ2) is 12.9. The lowest BCUT2D eigenvalue weighted by Gasteiger charge is -2.35. The molecule has 10 heteroatoms. The van der Waals surface area contributed by atoms with Crippen molar-refractivity contribution in [3.8, 4) is 11.5 Å². The van der Waals surface area contributed by atoms with E-state index in [1.807, 2.05) is 26.8 Å². The molecule has 1 aromatic heterocycles. The molecule has 1 heterocycles. The van der Waals surface area contributed by atoms with Crippen molar-refractivity contribution in [2.75, 3.05) is 24.4 Å². The fourth-order valence-electron chi connectivity index (χ4n) is 4.01. The highest BCUT2D eigenvalue weighted by Crippen LogP contribution is 2.39. The number of aromatic nitrogens is 1. The summed E-state index contributed by atoms with van der Waals surface area (Å²) in [6, 6.07) is 14.5. The average Bonchev–Trinajstić information content (AvgIpc) is 3.33. The summed E-state index contributed by atoms with van der Waals surface area (Å²) in [5.41, 5.74) is 0.401. The van der Waals surface area contributed by atoms with Crippen LogP contribution < -0.4 is 25.0 Å². The molecule has 3 aromatic rings. The number of nitrogens with one attached hydrogen (secondary N) is 2. The largest absolute Gasteiger partial charge is 0.493 e. The first kappa shape index (κ1) is 29.2. The number of carbonyl (C=O) groups is 3. The zero-order valence-electron chi connectivity index (χ0n) is 23.2. The summed E-state index contributed by atoms with van der Waals surface area (Å²) in [5.74, 6) is 0.349. The number of carbonyl (C=O) groups excluding carboxylic acids is 3. The Kier molecular flexibility index (Phi) is 9.70. The van der Waals surface area contributed by atoms with E-state index in [0.29, 0.717) is 34.9 Å². The van der Waals surface area contributed by atoms with Crippen molar-refractivity contribution in [3.05, 3.63) is 65.9 Å². The number of ether oxygens (including phenoxy) is 2. The van der Waals surface area contributed by atoms with Gasteiger partial charge in [-0.1, -0.05) is 42.4 Å². The summed E-state index contributed by atoms with van der Waals surface area (Å²) in [6.07, 6.45) is 0.380. The SMILES string of the molecule is CCC(C)(C)NC(=O)[C@H](c1cccc(OC)c1OC)N(C(=O)CCC(=O)Nc1cc(C)on1)c1ccccc1. The van der Waals surface area contributed by atoms with Crippen LogP contribution in [0.1, 0.15) is 57.4 Å². The van der Waals surface area contributed by atoms with E-state index in [-0.39, 0.29) is 18.7 Å². The van der Waals surface area contributed by atoms with Crippen LogP contribution in [0.3, 0.4) is 0 Å². The molecule has 208 valence electrons. The van der Waals surface area contributed by atoms with Gasteiger partial charge in [-0.2, -0.15) is 0 Å². The maximum Gasteiger partial charge on any atom is 0.248 e. The molecule has 0 unspecified atom stereocenters. The Balaban J connectivity index is 2.03. The molecule has 2 aromatic carbocycles. The van der Waals surface area contributed by atoms with Gasteiger partial charge in [-0.05, 0) is 45.4 Å². The van der Waals surface area contributed by atoms with E-state index in [1.165, 1.54) is 19.1 Å². The zero-order valence-corrected chi connectivity index (χ0v) is 23.2. The molecule has 1 atom stereocenters. The number of para-hydroxylation sites is 2. The molecule has 0 saturated heterocycles. The summed E-state index contributed by atoms with van der Waals surface area (Å²) >= 11 is 0. The van der Waals surface area contributed by atoms with Gasteiger partial charge in [0.25, 0.3) is 0 Å². The first-order valence-electron chi connectivity index (χ1n) is 12.7. The molecule has 3 rings (SSSR count). The summed E-state index contributed by atoms with van der Waals surface area (Å²) in [4.78, 5) is 41.9. The van der Waals surface area contributed by atoms with Gasteiger partial charge in [0.15, 0.2) is 17.3 Å². The quantitative estimate of drug-likeness (QED) is 0.341. The van der Waals surface area contributed by atoms with Gasteiger partial charge in [0, 0.05) is 35.7 Å². The van der Waals surface area contributed by atoms with E-state index in [1.54, 1.807) is 55.5 Å². The van der Waals surface area contributed by atoms with Crippen molar-refractivity contribution < 1.29 is 28.4 Å². The van der Waals surface area contributed by atoms with Crippen LogP contribution in [0.4, 0.5) is 11.5 Å². The maximum absolute atomic E-state index is 14.0. The molecule has 0 aliphatic rings. The number of rotatable bonds is 12. The van der Waals surface area contributed by atoms with Crippen molar-refractivity contribution in [2.45, 2.75) is 58.5 Å². The Labute approximate surface area is 228 Å². The van der Waals surface area contributed by atoms with Crippen LogP contribution in [-0.2, 0) is 14.4 Å². The highest BCUT2D eigenvalue weighted by atomic mass is 16.5. The Bertz CT molecular complexity index is 1290. The molecular formula is C29H36N4O6. The van der Waals surface area contributed by atoms with E-state index in [4.69, 9.17) is 14.0 Å². The van der Waals surface area contributed by atoms with Crippen LogP contribution in [-0.4, -0.2) is 42.6 Å². The van der Waals surface area contributed by atoms with Crippen LogP contribution in [0.25, 0.3) is 0 Å². The Morgan fingerprint density at radius 2 is 1.74 bits per heavy atom. The third-order valence-corrected chi connectivity index (χ3v) is 6.34. The van der Waals surface area contributed by atoms with Crippen molar-refractivity contribution in [2.24, 2.45) is 0 Å². The fraction of sp³-hybridized carbons (Fsp3) is 0.379. The molecule has 0 bridgehead atoms. The van der Waals surface area contributed by atoms with Gasteiger partial charge in [-0.25, -0.2) is 0 Å². The molecule has 0 aliphatic heterocycles. The predicted molar refractivity (Wildman–Crippen MR) is 148 cm³/mol. The molecule has 39 heavy (non-hydrogen) atoms. The topological polar surface area (TPSA) is 123 Å². The number of aryl methyl sites for hydroxylation is 1.